The lowest BCUT2D eigenvalue weighted by atomic mass is 10.3. The van der Waals surface area contributed by atoms with Gasteiger partial charge in [-0.25, -0.2) is 9.37 Å². The van der Waals surface area contributed by atoms with E-state index in [9.17, 15) is 4.39 Å². The number of benzene rings is 1. The van der Waals surface area contributed by atoms with Crippen molar-refractivity contribution in [3.63, 3.8) is 0 Å². The van der Waals surface area contributed by atoms with Gasteiger partial charge in [0.25, 0.3) is 0 Å². The summed E-state index contributed by atoms with van der Waals surface area (Å²) in [5, 5.41) is 6.34. The first kappa shape index (κ1) is 11.7. The van der Waals surface area contributed by atoms with Crippen LogP contribution in [0, 0.1) is 5.82 Å². The van der Waals surface area contributed by atoms with E-state index in [0.29, 0.717) is 10.7 Å². The summed E-state index contributed by atoms with van der Waals surface area (Å²) in [5.74, 6) is 0.361. The minimum atomic E-state index is -0.372. The van der Waals surface area contributed by atoms with E-state index in [-0.39, 0.29) is 5.82 Å². The third kappa shape index (κ3) is 3.07. The Kier molecular flexibility index (Phi) is 3.44. The van der Waals surface area contributed by atoms with Gasteiger partial charge >= 0.3 is 0 Å². The first-order valence-electron chi connectivity index (χ1n) is 5.04. The highest BCUT2D eigenvalue weighted by atomic mass is 35.5. The molecular weight excluding hydrogens is 241 g/mol. The molecule has 17 heavy (non-hydrogen) atoms. The molecule has 0 amide bonds. The van der Waals surface area contributed by atoms with Gasteiger partial charge in [-0.2, -0.15) is 0 Å². The first-order valence-corrected chi connectivity index (χ1v) is 5.42. The molecule has 0 radical (unpaired) electrons. The van der Waals surface area contributed by atoms with Crippen LogP contribution in [0.1, 0.15) is 0 Å². The van der Waals surface area contributed by atoms with Crippen LogP contribution in [-0.2, 0) is 0 Å². The fraction of sp³-hybridized carbons (Fsp3) is 0.0833. The fourth-order valence-electron chi connectivity index (χ4n) is 1.44. The number of rotatable bonds is 3. The van der Waals surface area contributed by atoms with E-state index in [4.69, 9.17) is 11.6 Å². The number of aromatic nitrogens is 1. The molecule has 88 valence electrons. The summed E-state index contributed by atoms with van der Waals surface area (Å²) in [6.45, 7) is 0. The lowest BCUT2D eigenvalue weighted by Crippen LogP contribution is -1.95. The maximum absolute atomic E-state index is 13.1. The van der Waals surface area contributed by atoms with E-state index in [1.165, 1.54) is 12.1 Å². The maximum Gasteiger partial charge on any atom is 0.127 e. The lowest BCUT2D eigenvalue weighted by molar-refractivity contribution is 0.628. The Hall–Kier alpha value is -1.81. The average molecular weight is 252 g/mol. The van der Waals surface area contributed by atoms with Crippen molar-refractivity contribution >= 4 is 28.8 Å². The van der Waals surface area contributed by atoms with Crippen LogP contribution < -0.4 is 10.6 Å². The second-order valence-electron chi connectivity index (χ2n) is 3.46. The maximum atomic E-state index is 13.1. The largest absolute Gasteiger partial charge is 0.373 e. The SMILES string of the molecule is CNc1cc(Nc2cc(F)cc(Cl)c2)ccn1. The predicted octanol–water partition coefficient (Wildman–Crippen LogP) is 3.66. The van der Waals surface area contributed by atoms with Gasteiger partial charge in [0, 0.05) is 35.7 Å². The van der Waals surface area contributed by atoms with Gasteiger partial charge in [-0.3, -0.25) is 0 Å². The highest BCUT2D eigenvalue weighted by Gasteiger charge is 2.00. The topological polar surface area (TPSA) is 37.0 Å². The van der Waals surface area contributed by atoms with E-state index < -0.39 is 0 Å². The molecule has 0 aliphatic heterocycles. The second kappa shape index (κ2) is 5.01. The number of nitrogens with zero attached hydrogens (tertiary/aromatic N) is 1. The summed E-state index contributed by atoms with van der Waals surface area (Å²) in [6, 6.07) is 7.91. The van der Waals surface area contributed by atoms with Crippen molar-refractivity contribution in [2.75, 3.05) is 17.7 Å². The van der Waals surface area contributed by atoms with Crippen LogP contribution in [0.4, 0.5) is 21.6 Å². The van der Waals surface area contributed by atoms with Crippen molar-refractivity contribution in [2.45, 2.75) is 0 Å². The summed E-state index contributed by atoms with van der Waals surface area (Å²) in [4.78, 5) is 4.08. The highest BCUT2D eigenvalue weighted by molar-refractivity contribution is 6.30. The molecule has 0 aliphatic rings. The van der Waals surface area contributed by atoms with Gasteiger partial charge in [0.05, 0.1) is 0 Å². The number of hydrogen-bond acceptors (Lipinski definition) is 3. The van der Waals surface area contributed by atoms with Gasteiger partial charge in [0.15, 0.2) is 0 Å². The number of anilines is 3. The third-order valence-corrected chi connectivity index (χ3v) is 2.39. The van der Waals surface area contributed by atoms with Crippen LogP contribution in [-0.4, -0.2) is 12.0 Å². The standard InChI is InChI=1S/C12H11ClFN3/c1-15-12-7-10(2-3-16-12)17-11-5-8(13)4-9(14)6-11/h2-7H,1H3,(H2,15,16,17). The Labute approximate surface area is 104 Å². The zero-order valence-electron chi connectivity index (χ0n) is 9.17. The summed E-state index contributed by atoms with van der Waals surface area (Å²) < 4.78 is 13.1. The quantitative estimate of drug-likeness (QED) is 0.874. The van der Waals surface area contributed by atoms with Gasteiger partial charge in [0.1, 0.15) is 11.6 Å². The molecular formula is C12H11ClFN3. The Morgan fingerprint density at radius 3 is 2.71 bits per heavy atom. The molecule has 0 fully saturated rings. The van der Waals surface area contributed by atoms with Crippen LogP contribution in [0.2, 0.25) is 5.02 Å². The smallest absolute Gasteiger partial charge is 0.127 e. The van der Waals surface area contributed by atoms with E-state index in [1.54, 1.807) is 25.4 Å². The Morgan fingerprint density at radius 1 is 1.18 bits per heavy atom. The van der Waals surface area contributed by atoms with Crippen molar-refractivity contribution in [3.05, 3.63) is 47.4 Å². The molecule has 0 saturated carbocycles. The van der Waals surface area contributed by atoms with Crippen LogP contribution in [0.5, 0.6) is 0 Å². The van der Waals surface area contributed by atoms with Crippen molar-refractivity contribution in [1.82, 2.24) is 4.98 Å². The molecule has 0 atom stereocenters. The molecule has 1 aromatic heterocycles. The molecule has 2 N–H and O–H groups in total. The summed E-state index contributed by atoms with van der Waals surface area (Å²) in [7, 11) is 1.78. The minimum Gasteiger partial charge on any atom is -0.373 e. The van der Waals surface area contributed by atoms with E-state index in [0.717, 1.165) is 11.5 Å². The number of halogens is 2. The monoisotopic (exact) mass is 251 g/mol. The second-order valence-corrected chi connectivity index (χ2v) is 3.90. The third-order valence-electron chi connectivity index (χ3n) is 2.17. The Morgan fingerprint density at radius 2 is 2.00 bits per heavy atom. The van der Waals surface area contributed by atoms with Crippen LogP contribution in [0.25, 0.3) is 0 Å². The van der Waals surface area contributed by atoms with Gasteiger partial charge in [-0.1, -0.05) is 11.6 Å². The fourth-order valence-corrected chi connectivity index (χ4v) is 1.66. The van der Waals surface area contributed by atoms with Gasteiger partial charge < -0.3 is 10.6 Å². The minimum absolute atomic E-state index is 0.357. The van der Waals surface area contributed by atoms with Crippen molar-refractivity contribution < 1.29 is 4.39 Å². The molecule has 0 spiro atoms. The van der Waals surface area contributed by atoms with Crippen LogP contribution in [0.3, 0.4) is 0 Å². The molecule has 0 aliphatic carbocycles. The summed E-state index contributed by atoms with van der Waals surface area (Å²) in [5.41, 5.74) is 1.41. The Bertz CT molecular complexity index is 511. The number of nitrogens with one attached hydrogen (secondary N) is 2. The highest BCUT2D eigenvalue weighted by Crippen LogP contribution is 2.22. The zero-order valence-corrected chi connectivity index (χ0v) is 9.92. The van der Waals surface area contributed by atoms with Gasteiger partial charge in [-0.05, 0) is 24.3 Å². The average Bonchev–Trinajstić information content (AvgIpc) is 2.28. The van der Waals surface area contributed by atoms with E-state index in [1.807, 2.05) is 6.07 Å². The lowest BCUT2D eigenvalue weighted by Gasteiger charge is -2.08. The van der Waals surface area contributed by atoms with Crippen molar-refractivity contribution in [1.29, 1.82) is 0 Å². The van der Waals surface area contributed by atoms with Crippen molar-refractivity contribution in [3.8, 4) is 0 Å². The number of hydrogen-bond donors (Lipinski definition) is 2. The van der Waals surface area contributed by atoms with E-state index in [2.05, 4.69) is 15.6 Å². The summed E-state index contributed by atoms with van der Waals surface area (Å²) in [6.07, 6.45) is 1.66. The molecule has 0 saturated heterocycles. The molecule has 2 rings (SSSR count). The van der Waals surface area contributed by atoms with E-state index >= 15 is 0 Å². The normalized spacial score (nSPS) is 10.1. The molecule has 3 nitrogen and oxygen atoms in total. The molecule has 1 aromatic carbocycles. The molecule has 2 aromatic rings. The first-order chi connectivity index (χ1) is 8.17. The summed E-state index contributed by atoms with van der Waals surface area (Å²) >= 11 is 5.77. The zero-order chi connectivity index (χ0) is 12.3. The molecule has 5 heteroatoms. The molecule has 1 heterocycles. The van der Waals surface area contributed by atoms with Crippen LogP contribution >= 0.6 is 11.6 Å². The van der Waals surface area contributed by atoms with Gasteiger partial charge in [-0.15, -0.1) is 0 Å². The molecule has 0 bridgehead atoms. The number of pyridine rings is 1. The Balaban J connectivity index is 2.24. The predicted molar refractivity (Wildman–Crippen MR) is 68.5 cm³/mol. The van der Waals surface area contributed by atoms with Crippen molar-refractivity contribution in [2.24, 2.45) is 0 Å². The van der Waals surface area contributed by atoms with Gasteiger partial charge in [0.2, 0.25) is 0 Å². The molecule has 0 unspecified atom stereocenters. The van der Waals surface area contributed by atoms with Crippen LogP contribution in [0.15, 0.2) is 36.5 Å².